The predicted octanol–water partition coefficient (Wildman–Crippen LogP) is 6.25. The summed E-state index contributed by atoms with van der Waals surface area (Å²) in [6, 6.07) is 25.7. The lowest BCUT2D eigenvalue weighted by Crippen LogP contribution is -2.28. The highest BCUT2D eigenvalue weighted by Gasteiger charge is 2.33. The molecule has 46 heavy (non-hydrogen) atoms. The number of carbonyl (C=O) groups is 2. The fourth-order valence-electron chi connectivity index (χ4n) is 5.24. The van der Waals surface area contributed by atoms with Crippen LogP contribution in [0.3, 0.4) is 0 Å². The van der Waals surface area contributed by atoms with Gasteiger partial charge in [0, 0.05) is 29.3 Å². The highest BCUT2D eigenvalue weighted by atomic mass is 32.2. The van der Waals surface area contributed by atoms with Crippen LogP contribution < -0.4 is 5.32 Å². The maximum absolute atomic E-state index is 13.8. The molecule has 1 N–H and O–H groups in total. The number of aromatic nitrogens is 3. The second-order valence-corrected chi connectivity index (χ2v) is 12.5. The second-order valence-electron chi connectivity index (χ2n) is 10.6. The minimum atomic E-state index is -0.512. The van der Waals surface area contributed by atoms with Crippen LogP contribution in [-0.2, 0) is 11.3 Å². The van der Waals surface area contributed by atoms with E-state index in [0.29, 0.717) is 17.4 Å². The predicted molar refractivity (Wildman–Crippen MR) is 177 cm³/mol. The molecule has 232 valence electrons. The number of hydrogen-bond acceptors (Lipinski definition) is 9. The van der Waals surface area contributed by atoms with Crippen molar-refractivity contribution in [3.05, 3.63) is 133 Å². The zero-order chi connectivity index (χ0) is 32.2. The number of para-hydroxylation sites is 1. The molecular formula is C33H29N7O4S2. The molecular weight excluding hydrogens is 623 g/mol. The Morgan fingerprint density at radius 3 is 2.50 bits per heavy atom. The first-order valence-electron chi connectivity index (χ1n) is 14.4. The lowest BCUT2D eigenvalue weighted by molar-refractivity contribution is -0.385. The summed E-state index contributed by atoms with van der Waals surface area (Å²) in [5.74, 6) is -0.132. The van der Waals surface area contributed by atoms with E-state index in [1.165, 1.54) is 23.9 Å². The number of hydrogen-bond donors (Lipinski definition) is 1. The van der Waals surface area contributed by atoms with Gasteiger partial charge in [-0.15, -0.1) is 21.5 Å². The molecule has 1 atom stereocenters. The van der Waals surface area contributed by atoms with Crippen LogP contribution in [0.5, 0.6) is 0 Å². The molecule has 0 aliphatic carbocycles. The molecule has 0 spiro atoms. The van der Waals surface area contributed by atoms with Crippen molar-refractivity contribution < 1.29 is 14.5 Å². The largest absolute Gasteiger partial charge is 0.345 e. The van der Waals surface area contributed by atoms with Crippen molar-refractivity contribution in [1.82, 2.24) is 25.1 Å². The van der Waals surface area contributed by atoms with E-state index in [4.69, 9.17) is 5.10 Å². The van der Waals surface area contributed by atoms with E-state index < -0.39 is 10.8 Å². The number of nitro benzene ring substituents is 1. The van der Waals surface area contributed by atoms with Gasteiger partial charge in [0.1, 0.15) is 0 Å². The molecule has 1 aliphatic rings. The van der Waals surface area contributed by atoms with Crippen molar-refractivity contribution in [2.24, 2.45) is 5.10 Å². The zero-order valence-corrected chi connectivity index (χ0v) is 26.6. The summed E-state index contributed by atoms with van der Waals surface area (Å²) in [7, 11) is 0. The first-order chi connectivity index (χ1) is 22.3. The van der Waals surface area contributed by atoms with E-state index in [0.717, 1.165) is 27.4 Å². The van der Waals surface area contributed by atoms with Gasteiger partial charge < -0.3 is 5.32 Å². The molecule has 0 fully saturated rings. The monoisotopic (exact) mass is 651 g/mol. The van der Waals surface area contributed by atoms with E-state index in [9.17, 15) is 19.7 Å². The molecule has 3 aromatic carbocycles. The van der Waals surface area contributed by atoms with Crippen molar-refractivity contribution in [2.75, 3.05) is 5.75 Å². The number of thioether (sulfide) groups is 1. The van der Waals surface area contributed by atoms with Crippen molar-refractivity contribution in [3.8, 4) is 5.69 Å². The number of amides is 2. The molecule has 2 amide bonds. The molecule has 0 unspecified atom stereocenters. The molecule has 0 saturated heterocycles. The lowest BCUT2D eigenvalue weighted by atomic mass is 10.00. The van der Waals surface area contributed by atoms with Gasteiger partial charge in [-0.1, -0.05) is 71.9 Å². The normalized spacial score (nSPS) is 14.3. The minimum Gasteiger partial charge on any atom is -0.345 e. The third kappa shape index (κ3) is 6.46. The second kappa shape index (κ2) is 13.5. The molecule has 0 radical (unpaired) electrons. The van der Waals surface area contributed by atoms with E-state index in [-0.39, 0.29) is 41.1 Å². The van der Waals surface area contributed by atoms with Gasteiger partial charge in [-0.2, -0.15) is 5.10 Å². The minimum absolute atomic E-state index is 0.00740. The average Bonchev–Trinajstić information content (AvgIpc) is 3.83. The Labute approximate surface area is 273 Å². The summed E-state index contributed by atoms with van der Waals surface area (Å²) in [6.45, 7) is 3.58. The molecule has 11 nitrogen and oxygen atoms in total. The smallest absolute Gasteiger partial charge is 0.273 e. The van der Waals surface area contributed by atoms with Crippen LogP contribution in [0, 0.1) is 24.0 Å². The van der Waals surface area contributed by atoms with Gasteiger partial charge in [0.25, 0.3) is 17.5 Å². The van der Waals surface area contributed by atoms with Crippen molar-refractivity contribution in [2.45, 2.75) is 38.0 Å². The van der Waals surface area contributed by atoms with Gasteiger partial charge in [-0.25, -0.2) is 5.01 Å². The van der Waals surface area contributed by atoms with Gasteiger partial charge in [0.15, 0.2) is 11.0 Å². The summed E-state index contributed by atoms with van der Waals surface area (Å²) < 4.78 is 1.79. The molecule has 0 saturated carbocycles. The Morgan fingerprint density at radius 2 is 1.78 bits per heavy atom. The van der Waals surface area contributed by atoms with Crippen molar-refractivity contribution in [1.29, 1.82) is 0 Å². The van der Waals surface area contributed by atoms with Crippen molar-refractivity contribution in [3.63, 3.8) is 0 Å². The number of rotatable bonds is 10. The molecule has 2 aromatic heterocycles. The number of carbonyl (C=O) groups excluding carboxylic acids is 2. The van der Waals surface area contributed by atoms with Gasteiger partial charge in [0.05, 0.1) is 33.9 Å². The maximum Gasteiger partial charge on any atom is 0.273 e. The SMILES string of the molecule is Cc1ccc([C@H]2CC(c3cccs3)=NN2C(=O)CSc2nnc(CNC(=O)c3cccc([N+](=O)[O-])c3C)n2-c2ccccc2)cc1. The zero-order valence-electron chi connectivity index (χ0n) is 25.0. The van der Waals surface area contributed by atoms with Crippen LogP contribution in [0.15, 0.2) is 101 Å². The summed E-state index contributed by atoms with van der Waals surface area (Å²) >= 11 is 2.84. The summed E-state index contributed by atoms with van der Waals surface area (Å²) in [4.78, 5) is 38.7. The van der Waals surface area contributed by atoms with E-state index in [1.54, 1.807) is 33.9 Å². The third-order valence-electron chi connectivity index (χ3n) is 7.63. The molecule has 3 heterocycles. The quantitative estimate of drug-likeness (QED) is 0.107. The van der Waals surface area contributed by atoms with Crippen molar-refractivity contribution >= 4 is 46.3 Å². The number of aryl methyl sites for hydroxylation is 1. The first kappa shape index (κ1) is 30.9. The van der Waals surface area contributed by atoms with Crippen LogP contribution in [0.4, 0.5) is 5.69 Å². The Balaban J connectivity index is 1.22. The van der Waals surface area contributed by atoms with Crippen LogP contribution in [-0.4, -0.2) is 48.0 Å². The Bertz CT molecular complexity index is 1920. The Hall–Kier alpha value is -5.14. The van der Waals surface area contributed by atoms with Gasteiger partial charge in [-0.3, -0.25) is 24.3 Å². The Kier molecular flexibility index (Phi) is 9.04. The van der Waals surface area contributed by atoms with Gasteiger partial charge in [0.2, 0.25) is 0 Å². The fourth-order valence-corrected chi connectivity index (χ4v) is 6.78. The van der Waals surface area contributed by atoms with Crippen LogP contribution in [0.25, 0.3) is 5.69 Å². The number of nitro groups is 1. The average molecular weight is 652 g/mol. The number of nitrogens with one attached hydrogen (secondary N) is 1. The Morgan fingerprint density at radius 1 is 1.00 bits per heavy atom. The molecule has 5 aromatic rings. The molecule has 0 bridgehead atoms. The lowest BCUT2D eigenvalue weighted by Gasteiger charge is -2.22. The van der Waals surface area contributed by atoms with Gasteiger partial charge >= 0.3 is 0 Å². The van der Waals surface area contributed by atoms with Gasteiger partial charge in [-0.05, 0) is 49.1 Å². The summed E-state index contributed by atoms with van der Waals surface area (Å²) in [5, 5.41) is 31.7. The molecule has 13 heteroatoms. The van der Waals surface area contributed by atoms with Crippen LogP contribution in [0.1, 0.15) is 50.2 Å². The van der Waals surface area contributed by atoms with Crippen LogP contribution >= 0.6 is 23.1 Å². The number of benzene rings is 3. The van der Waals surface area contributed by atoms with E-state index in [1.807, 2.05) is 79.0 Å². The number of thiophene rings is 1. The first-order valence-corrected chi connectivity index (χ1v) is 16.3. The van der Waals surface area contributed by atoms with Crippen LogP contribution in [0.2, 0.25) is 0 Å². The van der Waals surface area contributed by atoms with E-state index >= 15 is 0 Å². The highest BCUT2D eigenvalue weighted by Crippen LogP contribution is 2.35. The summed E-state index contributed by atoms with van der Waals surface area (Å²) in [5.41, 5.74) is 4.15. The van der Waals surface area contributed by atoms with E-state index in [2.05, 4.69) is 15.5 Å². The maximum atomic E-state index is 13.8. The number of nitrogens with zero attached hydrogens (tertiary/aromatic N) is 6. The molecule has 6 rings (SSSR count). The highest BCUT2D eigenvalue weighted by molar-refractivity contribution is 7.99. The number of hydrazone groups is 1. The third-order valence-corrected chi connectivity index (χ3v) is 9.46. The standard InChI is InChI=1S/C33H29N7O4S2/c1-21-13-15-23(16-14-21)28-18-26(29-12-7-17-45-29)37-39(28)31(41)20-46-33-36-35-30(38(33)24-8-4-3-5-9-24)19-34-32(42)25-10-6-11-27(22(25)2)40(43)44/h3-17,28H,18-20H2,1-2H3,(H,34,42)/t28-/m1/s1. The topological polar surface area (TPSA) is 136 Å². The fraction of sp³-hybridized carbons (Fsp3) is 0.182. The molecule has 1 aliphatic heterocycles. The summed E-state index contributed by atoms with van der Waals surface area (Å²) in [6.07, 6.45) is 0.619.